The van der Waals surface area contributed by atoms with Crippen LogP contribution in [-0.2, 0) is 0 Å². The van der Waals surface area contributed by atoms with Gasteiger partial charge in [-0.05, 0) is 39.5 Å². The Balaban J connectivity index is 4.92. The van der Waals surface area contributed by atoms with Crippen molar-refractivity contribution >= 4 is 0 Å². The molecule has 0 aliphatic carbocycles. The van der Waals surface area contributed by atoms with E-state index in [1.54, 1.807) is 0 Å². The van der Waals surface area contributed by atoms with Gasteiger partial charge in [0.05, 0.1) is 11.1 Å². The summed E-state index contributed by atoms with van der Waals surface area (Å²) in [7, 11) is 0. The molecule has 132 valence electrons. The molecule has 2 nitrogen and oxygen atoms in total. The van der Waals surface area contributed by atoms with Gasteiger partial charge in [0, 0.05) is 0 Å². The summed E-state index contributed by atoms with van der Waals surface area (Å²) in [6, 6.07) is 0. The molecule has 22 heavy (non-hydrogen) atoms. The molecule has 0 aromatic carbocycles. The summed E-state index contributed by atoms with van der Waals surface area (Å²) in [5, 5.41) is 9.87. The van der Waals surface area contributed by atoms with Gasteiger partial charge in [0.2, 0.25) is 0 Å². The molecule has 0 radical (unpaired) electrons. The normalized spacial score (nSPS) is 13.2. The Morgan fingerprint density at radius 1 is 0.500 bits per heavy atom. The molecule has 0 unspecified atom stereocenters. The van der Waals surface area contributed by atoms with Crippen LogP contribution in [0.2, 0.25) is 0 Å². The molecule has 2 heteroatoms. The SMILES string of the molecule is CCCCC(C)(CCCC)N=NC(C)(CCCC)CCCC. The van der Waals surface area contributed by atoms with E-state index >= 15 is 0 Å². The molecule has 0 aliphatic heterocycles. The quantitative estimate of drug-likeness (QED) is 0.293. The molecule has 0 rings (SSSR count). The molecule has 0 bridgehead atoms. The molecule has 0 heterocycles. The summed E-state index contributed by atoms with van der Waals surface area (Å²) in [4.78, 5) is 0. The lowest BCUT2D eigenvalue weighted by atomic mass is 9.89. The second kappa shape index (κ2) is 12.1. The highest BCUT2D eigenvalue weighted by Gasteiger charge is 2.27. The highest BCUT2D eigenvalue weighted by Crippen LogP contribution is 2.31. The highest BCUT2D eigenvalue weighted by molar-refractivity contribution is 4.86. The van der Waals surface area contributed by atoms with Gasteiger partial charge in [-0.3, -0.25) is 0 Å². The zero-order valence-corrected chi connectivity index (χ0v) is 16.4. The second-order valence-corrected chi connectivity index (χ2v) is 7.61. The van der Waals surface area contributed by atoms with Crippen LogP contribution in [0.4, 0.5) is 0 Å². The summed E-state index contributed by atoms with van der Waals surface area (Å²) >= 11 is 0. The fourth-order valence-electron chi connectivity index (χ4n) is 2.92. The van der Waals surface area contributed by atoms with Gasteiger partial charge in [-0.1, -0.05) is 79.1 Å². The largest absolute Gasteiger partial charge is 0.187 e. The number of rotatable bonds is 14. The van der Waals surface area contributed by atoms with Crippen molar-refractivity contribution in [2.24, 2.45) is 10.2 Å². The van der Waals surface area contributed by atoms with Gasteiger partial charge in [-0.25, -0.2) is 0 Å². The van der Waals surface area contributed by atoms with Crippen LogP contribution in [0.5, 0.6) is 0 Å². The van der Waals surface area contributed by atoms with Crippen molar-refractivity contribution in [2.45, 2.75) is 130 Å². The van der Waals surface area contributed by atoms with Crippen LogP contribution < -0.4 is 0 Å². The zero-order chi connectivity index (χ0) is 16.9. The molecule has 0 N–H and O–H groups in total. The van der Waals surface area contributed by atoms with Crippen molar-refractivity contribution < 1.29 is 0 Å². The van der Waals surface area contributed by atoms with Crippen LogP contribution in [0.15, 0.2) is 10.2 Å². The number of unbranched alkanes of at least 4 members (excludes halogenated alkanes) is 4. The predicted octanol–water partition coefficient (Wildman–Crippen LogP) is 7.72. The van der Waals surface area contributed by atoms with E-state index in [0.29, 0.717) is 0 Å². The second-order valence-electron chi connectivity index (χ2n) is 7.61. The number of azo groups is 1. The topological polar surface area (TPSA) is 24.7 Å². The molecule has 0 saturated heterocycles. The maximum Gasteiger partial charge on any atom is 0.0788 e. The minimum absolute atomic E-state index is 0.0612. The third-order valence-electron chi connectivity index (χ3n) is 4.81. The first-order valence-electron chi connectivity index (χ1n) is 9.89. The monoisotopic (exact) mass is 310 g/mol. The van der Waals surface area contributed by atoms with Crippen molar-refractivity contribution in [1.82, 2.24) is 0 Å². The molecule has 0 atom stereocenters. The molecule has 0 spiro atoms. The first kappa shape index (κ1) is 21.6. The minimum atomic E-state index is 0.0612. The number of nitrogens with zero attached hydrogens (tertiary/aromatic N) is 2. The van der Waals surface area contributed by atoms with E-state index in [1.807, 2.05) is 0 Å². The van der Waals surface area contributed by atoms with E-state index in [9.17, 15) is 0 Å². The summed E-state index contributed by atoms with van der Waals surface area (Å²) in [5.41, 5.74) is 0.122. The molecule has 0 aliphatic rings. The standard InChI is InChI=1S/C20H42N2/c1-7-11-15-19(5,16-12-8-2)21-22-20(6,17-13-9-3)18-14-10-4/h7-18H2,1-6H3. The van der Waals surface area contributed by atoms with Crippen LogP contribution in [0, 0.1) is 0 Å². The average molecular weight is 311 g/mol. The maximum absolute atomic E-state index is 4.93. The van der Waals surface area contributed by atoms with E-state index in [2.05, 4.69) is 41.5 Å². The van der Waals surface area contributed by atoms with Crippen molar-refractivity contribution in [3.05, 3.63) is 0 Å². The minimum Gasteiger partial charge on any atom is -0.187 e. The van der Waals surface area contributed by atoms with Crippen LogP contribution in [0.1, 0.15) is 119 Å². The maximum atomic E-state index is 4.93. The van der Waals surface area contributed by atoms with Crippen molar-refractivity contribution in [1.29, 1.82) is 0 Å². The fourth-order valence-corrected chi connectivity index (χ4v) is 2.92. The van der Waals surface area contributed by atoms with Gasteiger partial charge >= 0.3 is 0 Å². The van der Waals surface area contributed by atoms with Gasteiger partial charge in [-0.2, -0.15) is 10.2 Å². The molecular weight excluding hydrogens is 268 g/mol. The van der Waals surface area contributed by atoms with Crippen LogP contribution in [-0.4, -0.2) is 11.1 Å². The van der Waals surface area contributed by atoms with Gasteiger partial charge in [0.1, 0.15) is 0 Å². The first-order valence-corrected chi connectivity index (χ1v) is 9.89. The Kier molecular flexibility index (Phi) is 11.9. The van der Waals surface area contributed by atoms with E-state index in [1.165, 1.54) is 77.0 Å². The van der Waals surface area contributed by atoms with Crippen LogP contribution in [0.25, 0.3) is 0 Å². The molecule has 0 aromatic heterocycles. The van der Waals surface area contributed by atoms with E-state index in [-0.39, 0.29) is 11.1 Å². The summed E-state index contributed by atoms with van der Waals surface area (Å²) in [6.45, 7) is 13.7. The lowest BCUT2D eigenvalue weighted by molar-refractivity contribution is 0.307. The Bertz CT molecular complexity index is 239. The Morgan fingerprint density at radius 3 is 0.909 bits per heavy atom. The molecule has 0 saturated carbocycles. The predicted molar refractivity (Wildman–Crippen MR) is 99.8 cm³/mol. The third kappa shape index (κ3) is 9.58. The summed E-state index contributed by atoms with van der Waals surface area (Å²) in [6.07, 6.45) is 14.8. The summed E-state index contributed by atoms with van der Waals surface area (Å²) in [5.74, 6) is 0. The Morgan fingerprint density at radius 2 is 0.727 bits per heavy atom. The van der Waals surface area contributed by atoms with Crippen molar-refractivity contribution in [3.8, 4) is 0 Å². The average Bonchev–Trinajstić information content (AvgIpc) is 2.53. The highest BCUT2D eigenvalue weighted by atomic mass is 15.2. The van der Waals surface area contributed by atoms with Gasteiger partial charge in [0.15, 0.2) is 0 Å². The van der Waals surface area contributed by atoms with Crippen LogP contribution in [0.3, 0.4) is 0 Å². The lowest BCUT2D eigenvalue weighted by Crippen LogP contribution is -2.26. The smallest absolute Gasteiger partial charge is 0.0788 e. The van der Waals surface area contributed by atoms with E-state index < -0.39 is 0 Å². The van der Waals surface area contributed by atoms with Crippen LogP contribution >= 0.6 is 0 Å². The Hall–Kier alpha value is -0.400. The first-order chi connectivity index (χ1) is 10.4. The van der Waals surface area contributed by atoms with E-state index in [4.69, 9.17) is 10.2 Å². The molecule has 0 fully saturated rings. The van der Waals surface area contributed by atoms with Crippen molar-refractivity contribution in [3.63, 3.8) is 0 Å². The molecule has 0 amide bonds. The fraction of sp³-hybridized carbons (Fsp3) is 1.00. The van der Waals surface area contributed by atoms with Gasteiger partial charge in [0.25, 0.3) is 0 Å². The molecule has 0 aromatic rings. The third-order valence-corrected chi connectivity index (χ3v) is 4.81. The van der Waals surface area contributed by atoms with Crippen molar-refractivity contribution in [2.75, 3.05) is 0 Å². The van der Waals surface area contributed by atoms with Gasteiger partial charge < -0.3 is 0 Å². The summed E-state index contributed by atoms with van der Waals surface area (Å²) < 4.78 is 0. The van der Waals surface area contributed by atoms with Gasteiger partial charge in [-0.15, -0.1) is 0 Å². The number of hydrogen-bond donors (Lipinski definition) is 0. The zero-order valence-electron chi connectivity index (χ0n) is 16.4. The number of hydrogen-bond acceptors (Lipinski definition) is 2. The molecular formula is C20H42N2. The van der Waals surface area contributed by atoms with E-state index in [0.717, 1.165) is 0 Å². The Labute approximate surface area is 140 Å². The lowest BCUT2D eigenvalue weighted by Gasteiger charge is -2.29.